The van der Waals surface area contributed by atoms with Crippen LogP contribution >= 0.6 is 0 Å². The number of piperazine rings is 1. The number of Topliss-reactive ketones (excluding diaryl/α,β-unsaturated/α-hetero) is 1. The summed E-state index contributed by atoms with van der Waals surface area (Å²) in [6.45, 7) is 8.77. The minimum Gasteiger partial charge on any atom is -0.369 e. The number of hydrogen-bond acceptors (Lipinski definition) is 6. The second-order valence-corrected chi connectivity index (χ2v) is 7.52. The number of amides is 1. The average Bonchev–Trinajstić information content (AvgIpc) is 2.59. The zero-order valence-electron chi connectivity index (χ0n) is 15.9. The first-order chi connectivity index (χ1) is 12.0. The van der Waals surface area contributed by atoms with E-state index < -0.39 is 0 Å². The van der Waals surface area contributed by atoms with E-state index in [0.29, 0.717) is 18.2 Å². The van der Waals surface area contributed by atoms with Crippen LogP contribution in [0.15, 0.2) is 0 Å². The van der Waals surface area contributed by atoms with Gasteiger partial charge < -0.3 is 5.73 Å². The Hall–Kier alpha value is -1.02. The second-order valence-electron chi connectivity index (χ2n) is 7.52. The summed E-state index contributed by atoms with van der Waals surface area (Å²) >= 11 is 0. The van der Waals surface area contributed by atoms with Crippen LogP contribution in [0.5, 0.6) is 0 Å². The van der Waals surface area contributed by atoms with E-state index in [0.717, 1.165) is 58.7 Å². The van der Waals surface area contributed by atoms with Crippen molar-refractivity contribution in [3.8, 4) is 0 Å². The predicted molar refractivity (Wildman–Crippen MR) is 98.8 cm³/mol. The third kappa shape index (κ3) is 6.66. The zero-order valence-corrected chi connectivity index (χ0v) is 15.9. The van der Waals surface area contributed by atoms with Crippen molar-refractivity contribution in [1.82, 2.24) is 20.2 Å². The van der Waals surface area contributed by atoms with Crippen LogP contribution < -0.4 is 11.2 Å². The van der Waals surface area contributed by atoms with E-state index in [1.54, 1.807) is 6.92 Å². The van der Waals surface area contributed by atoms with E-state index >= 15 is 0 Å². The summed E-state index contributed by atoms with van der Waals surface area (Å²) < 4.78 is 0. The summed E-state index contributed by atoms with van der Waals surface area (Å²) in [7, 11) is 1.97. The third-order valence-corrected chi connectivity index (χ3v) is 5.73. The molecule has 2 aliphatic rings. The van der Waals surface area contributed by atoms with Gasteiger partial charge in [-0.15, -0.1) is 0 Å². The molecule has 0 aromatic heterocycles. The monoisotopic (exact) mass is 353 g/mol. The van der Waals surface area contributed by atoms with E-state index in [9.17, 15) is 9.59 Å². The predicted octanol–water partition coefficient (Wildman–Crippen LogP) is -0.0789. The lowest BCUT2D eigenvalue weighted by Gasteiger charge is -2.37. The van der Waals surface area contributed by atoms with Crippen LogP contribution in [0.2, 0.25) is 0 Å². The molecule has 2 atom stereocenters. The molecule has 0 aromatic rings. The maximum absolute atomic E-state index is 11.9. The van der Waals surface area contributed by atoms with Crippen LogP contribution in [0.4, 0.5) is 0 Å². The summed E-state index contributed by atoms with van der Waals surface area (Å²) in [6.07, 6.45) is 4.65. The van der Waals surface area contributed by atoms with E-state index in [4.69, 9.17) is 5.73 Å². The van der Waals surface area contributed by atoms with Crippen LogP contribution in [0.1, 0.15) is 32.6 Å². The lowest BCUT2D eigenvalue weighted by atomic mass is 9.77. The summed E-state index contributed by atoms with van der Waals surface area (Å²) in [6, 6.07) is 0. The maximum atomic E-state index is 11.9. The summed E-state index contributed by atoms with van der Waals surface area (Å²) in [5.41, 5.74) is 8.57. The van der Waals surface area contributed by atoms with Crippen LogP contribution in [0, 0.1) is 11.8 Å². The highest BCUT2D eigenvalue weighted by Gasteiger charge is 2.30. The molecule has 1 aliphatic heterocycles. The van der Waals surface area contributed by atoms with E-state index in [2.05, 4.69) is 20.2 Å². The lowest BCUT2D eigenvalue weighted by molar-refractivity contribution is -0.124. The smallest absolute Gasteiger partial charge is 0.231 e. The molecule has 1 saturated heterocycles. The van der Waals surface area contributed by atoms with Gasteiger partial charge in [0.25, 0.3) is 0 Å². The molecule has 2 unspecified atom stereocenters. The number of ketones is 1. The number of nitrogens with one attached hydrogen (secondary N) is 1. The van der Waals surface area contributed by atoms with Gasteiger partial charge in [-0.25, -0.2) is 5.01 Å². The number of hydrogen-bond donors (Lipinski definition) is 2. The first-order valence-corrected chi connectivity index (χ1v) is 9.65. The molecule has 2 fully saturated rings. The highest BCUT2D eigenvalue weighted by atomic mass is 16.1. The molecule has 7 nitrogen and oxygen atoms in total. The SMILES string of the molecule is CNN(CCN1CCN(CC(N)=O)CC1)CC1CCCCC1C(C)=O. The third-order valence-electron chi connectivity index (χ3n) is 5.73. The van der Waals surface area contributed by atoms with Crippen molar-refractivity contribution in [3.63, 3.8) is 0 Å². The van der Waals surface area contributed by atoms with Gasteiger partial charge in [0, 0.05) is 51.7 Å². The highest BCUT2D eigenvalue weighted by molar-refractivity contribution is 5.78. The van der Waals surface area contributed by atoms with Crippen molar-refractivity contribution in [2.75, 3.05) is 59.4 Å². The molecule has 1 saturated carbocycles. The zero-order chi connectivity index (χ0) is 18.2. The maximum Gasteiger partial charge on any atom is 0.231 e. The van der Waals surface area contributed by atoms with Crippen molar-refractivity contribution in [3.05, 3.63) is 0 Å². The first-order valence-electron chi connectivity index (χ1n) is 9.65. The summed E-state index contributed by atoms with van der Waals surface area (Å²) in [5.74, 6) is 0.821. The minimum absolute atomic E-state index is 0.238. The van der Waals surface area contributed by atoms with Crippen LogP contribution in [-0.4, -0.2) is 85.9 Å². The van der Waals surface area contributed by atoms with Gasteiger partial charge in [0.15, 0.2) is 0 Å². The number of nitrogens with two attached hydrogens (primary N) is 1. The molecule has 25 heavy (non-hydrogen) atoms. The molecule has 144 valence electrons. The fraction of sp³-hybridized carbons (Fsp3) is 0.889. The van der Waals surface area contributed by atoms with E-state index in [1.165, 1.54) is 12.8 Å². The number of rotatable bonds is 9. The Kier molecular flexibility index (Phi) is 8.29. The molecule has 2 rings (SSSR count). The lowest BCUT2D eigenvalue weighted by Crippen LogP contribution is -2.51. The number of hydrazine groups is 1. The number of nitrogens with zero attached hydrogens (tertiary/aromatic N) is 3. The van der Waals surface area contributed by atoms with Gasteiger partial charge in [0.2, 0.25) is 5.91 Å². The molecule has 0 spiro atoms. The van der Waals surface area contributed by atoms with Gasteiger partial charge >= 0.3 is 0 Å². The molecule has 0 bridgehead atoms. The fourth-order valence-corrected chi connectivity index (χ4v) is 4.19. The Morgan fingerprint density at radius 2 is 1.76 bits per heavy atom. The normalized spacial score (nSPS) is 26.0. The van der Waals surface area contributed by atoms with Gasteiger partial charge in [0.1, 0.15) is 5.78 Å². The summed E-state index contributed by atoms with van der Waals surface area (Å²) in [5, 5.41) is 2.27. The second kappa shape index (κ2) is 10.2. The molecule has 1 amide bonds. The topological polar surface area (TPSA) is 81.9 Å². The van der Waals surface area contributed by atoms with Crippen LogP contribution in [0.25, 0.3) is 0 Å². The Bertz CT molecular complexity index is 437. The molecule has 1 aliphatic carbocycles. The van der Waals surface area contributed by atoms with Gasteiger partial charge in [-0.1, -0.05) is 12.8 Å². The number of primary amides is 1. The molecule has 0 aromatic carbocycles. The Morgan fingerprint density at radius 3 is 2.36 bits per heavy atom. The molecular formula is C18H35N5O2. The van der Waals surface area contributed by atoms with Crippen molar-refractivity contribution in [1.29, 1.82) is 0 Å². The van der Waals surface area contributed by atoms with Crippen molar-refractivity contribution in [2.24, 2.45) is 17.6 Å². The standard InChI is InChI=1S/C18H35N5O2/c1-15(24)17-6-4-3-5-16(17)13-23(20-2)12-11-21-7-9-22(10-8-21)14-18(19)25/h16-17,20H,3-14H2,1-2H3,(H2,19,25). The quantitative estimate of drug-likeness (QED) is 0.565. The highest BCUT2D eigenvalue weighted by Crippen LogP contribution is 2.31. The largest absolute Gasteiger partial charge is 0.369 e. The number of carbonyl (C=O) groups is 2. The fourth-order valence-electron chi connectivity index (χ4n) is 4.19. The molecular weight excluding hydrogens is 318 g/mol. The number of carbonyl (C=O) groups excluding carboxylic acids is 2. The first kappa shape index (κ1) is 20.3. The molecule has 7 heteroatoms. The Labute approximate surface area is 151 Å². The van der Waals surface area contributed by atoms with E-state index in [1.807, 2.05) is 7.05 Å². The van der Waals surface area contributed by atoms with Crippen LogP contribution in [0.3, 0.4) is 0 Å². The van der Waals surface area contributed by atoms with Crippen molar-refractivity contribution in [2.45, 2.75) is 32.6 Å². The van der Waals surface area contributed by atoms with Crippen LogP contribution in [-0.2, 0) is 9.59 Å². The van der Waals surface area contributed by atoms with Gasteiger partial charge in [0.05, 0.1) is 6.54 Å². The summed E-state index contributed by atoms with van der Waals surface area (Å²) in [4.78, 5) is 27.5. The van der Waals surface area contributed by atoms with Gasteiger partial charge in [-0.3, -0.25) is 24.8 Å². The Morgan fingerprint density at radius 1 is 1.12 bits per heavy atom. The van der Waals surface area contributed by atoms with Crippen molar-refractivity contribution >= 4 is 11.7 Å². The van der Waals surface area contributed by atoms with Gasteiger partial charge in [-0.2, -0.15) is 0 Å². The Balaban J connectivity index is 1.73. The van der Waals surface area contributed by atoms with Crippen molar-refractivity contribution < 1.29 is 9.59 Å². The molecule has 1 heterocycles. The average molecular weight is 354 g/mol. The van der Waals surface area contributed by atoms with Gasteiger partial charge in [-0.05, 0) is 32.7 Å². The molecule has 0 radical (unpaired) electrons. The molecule has 3 N–H and O–H groups in total. The minimum atomic E-state index is -0.248. The van der Waals surface area contributed by atoms with E-state index in [-0.39, 0.29) is 11.8 Å².